The number of amides is 1. The summed E-state index contributed by atoms with van der Waals surface area (Å²) in [6, 6.07) is 5.34. The number of carbonyl (C=O) groups is 1. The van der Waals surface area contributed by atoms with Gasteiger partial charge in [-0.2, -0.15) is 0 Å². The van der Waals surface area contributed by atoms with Gasteiger partial charge in [-0.25, -0.2) is 0 Å². The zero-order chi connectivity index (χ0) is 12.8. The highest BCUT2D eigenvalue weighted by atomic mass is 35.5. The van der Waals surface area contributed by atoms with Gasteiger partial charge in [-0.15, -0.1) is 0 Å². The summed E-state index contributed by atoms with van der Waals surface area (Å²) >= 11 is 5.94. The van der Waals surface area contributed by atoms with E-state index < -0.39 is 0 Å². The fourth-order valence-corrected chi connectivity index (χ4v) is 1.42. The van der Waals surface area contributed by atoms with Crippen LogP contribution < -0.4 is 16.8 Å². The Kier molecular flexibility index (Phi) is 4.78. The molecule has 0 saturated carbocycles. The molecule has 0 aromatic heterocycles. The average Bonchev–Trinajstić information content (AvgIpc) is 2.24. The Hall–Kier alpha value is -1.75. The van der Waals surface area contributed by atoms with Gasteiger partial charge in [-0.05, 0) is 24.6 Å². The predicted octanol–water partition coefficient (Wildman–Crippen LogP) is 1.25. The first-order valence-electron chi connectivity index (χ1n) is 5.11. The van der Waals surface area contributed by atoms with E-state index in [0.717, 1.165) is 5.56 Å². The maximum absolute atomic E-state index is 11.6. The number of aliphatic imine (C=N–C) groups is 1. The summed E-state index contributed by atoms with van der Waals surface area (Å²) in [5.74, 6) is -0.169. The molecule has 0 heterocycles. The summed E-state index contributed by atoms with van der Waals surface area (Å²) in [5.41, 5.74) is 11.8. The van der Waals surface area contributed by atoms with Crippen molar-refractivity contribution in [3.8, 4) is 0 Å². The van der Waals surface area contributed by atoms with Gasteiger partial charge >= 0.3 is 0 Å². The number of hydrogen-bond donors (Lipinski definition) is 3. The van der Waals surface area contributed by atoms with E-state index in [1.54, 1.807) is 18.2 Å². The van der Waals surface area contributed by atoms with Crippen molar-refractivity contribution in [3.05, 3.63) is 28.8 Å². The molecule has 0 aliphatic rings. The molecule has 1 aromatic carbocycles. The Labute approximate surface area is 105 Å². The van der Waals surface area contributed by atoms with Crippen molar-refractivity contribution in [1.82, 2.24) is 0 Å². The van der Waals surface area contributed by atoms with Crippen LogP contribution in [0.1, 0.15) is 12.0 Å². The molecule has 0 radical (unpaired) electrons. The minimum absolute atomic E-state index is 0.0169. The highest BCUT2D eigenvalue weighted by molar-refractivity contribution is 6.31. The zero-order valence-corrected chi connectivity index (χ0v) is 10.3. The van der Waals surface area contributed by atoms with Crippen molar-refractivity contribution < 1.29 is 4.79 Å². The molecule has 0 unspecified atom stereocenters. The van der Waals surface area contributed by atoms with E-state index in [0.29, 0.717) is 10.7 Å². The SMILES string of the molecule is Cc1c(Cl)cccc1NC(=O)CCN=C(N)N. The number of benzene rings is 1. The number of carbonyl (C=O) groups excluding carboxylic acids is 1. The molecule has 0 fully saturated rings. The van der Waals surface area contributed by atoms with Crippen LogP contribution in [0.2, 0.25) is 5.02 Å². The summed E-state index contributed by atoms with van der Waals surface area (Å²) < 4.78 is 0. The number of hydrogen-bond acceptors (Lipinski definition) is 2. The first kappa shape index (κ1) is 13.3. The quantitative estimate of drug-likeness (QED) is 0.558. The smallest absolute Gasteiger partial charge is 0.226 e. The Morgan fingerprint density at radius 3 is 2.82 bits per heavy atom. The van der Waals surface area contributed by atoms with Gasteiger partial charge in [-0.1, -0.05) is 17.7 Å². The van der Waals surface area contributed by atoms with Crippen LogP contribution in [0.15, 0.2) is 23.2 Å². The van der Waals surface area contributed by atoms with Gasteiger partial charge in [0.25, 0.3) is 0 Å². The number of halogens is 1. The molecule has 0 saturated heterocycles. The van der Waals surface area contributed by atoms with E-state index >= 15 is 0 Å². The lowest BCUT2D eigenvalue weighted by Crippen LogP contribution is -2.23. The second-order valence-corrected chi connectivity index (χ2v) is 3.92. The molecular weight excluding hydrogens is 240 g/mol. The van der Waals surface area contributed by atoms with Gasteiger partial charge in [0.05, 0.1) is 6.54 Å². The van der Waals surface area contributed by atoms with E-state index in [4.69, 9.17) is 23.1 Å². The van der Waals surface area contributed by atoms with E-state index in [9.17, 15) is 4.79 Å². The highest BCUT2D eigenvalue weighted by Gasteiger charge is 2.06. The van der Waals surface area contributed by atoms with Crippen LogP contribution >= 0.6 is 11.6 Å². The summed E-state index contributed by atoms with van der Waals surface area (Å²) in [4.78, 5) is 15.3. The maximum Gasteiger partial charge on any atom is 0.226 e. The monoisotopic (exact) mass is 254 g/mol. The summed E-state index contributed by atoms with van der Waals surface area (Å²) in [5, 5.41) is 3.37. The lowest BCUT2D eigenvalue weighted by Gasteiger charge is -2.08. The molecule has 5 nitrogen and oxygen atoms in total. The Morgan fingerprint density at radius 1 is 1.47 bits per heavy atom. The number of anilines is 1. The van der Waals surface area contributed by atoms with Gasteiger partial charge < -0.3 is 16.8 Å². The van der Waals surface area contributed by atoms with Crippen LogP contribution in [-0.4, -0.2) is 18.4 Å². The molecular formula is C11H15ClN4O. The Balaban J connectivity index is 2.57. The lowest BCUT2D eigenvalue weighted by molar-refractivity contribution is -0.116. The third kappa shape index (κ3) is 4.32. The van der Waals surface area contributed by atoms with Crippen LogP contribution in [0, 0.1) is 6.92 Å². The molecule has 0 bridgehead atoms. The number of nitrogens with one attached hydrogen (secondary N) is 1. The third-order valence-corrected chi connectivity index (χ3v) is 2.58. The molecule has 17 heavy (non-hydrogen) atoms. The molecule has 1 rings (SSSR count). The second-order valence-electron chi connectivity index (χ2n) is 3.52. The highest BCUT2D eigenvalue weighted by Crippen LogP contribution is 2.22. The van der Waals surface area contributed by atoms with E-state index in [2.05, 4.69) is 10.3 Å². The molecule has 0 atom stereocenters. The predicted molar refractivity (Wildman–Crippen MR) is 70.1 cm³/mol. The van der Waals surface area contributed by atoms with Crippen LogP contribution in [-0.2, 0) is 4.79 Å². The van der Waals surface area contributed by atoms with E-state index in [-0.39, 0.29) is 24.8 Å². The normalized spacial score (nSPS) is 9.76. The van der Waals surface area contributed by atoms with Crippen LogP contribution in [0.4, 0.5) is 5.69 Å². The average molecular weight is 255 g/mol. The van der Waals surface area contributed by atoms with Crippen molar-refractivity contribution in [3.63, 3.8) is 0 Å². The molecule has 1 amide bonds. The molecule has 5 N–H and O–H groups in total. The first-order valence-corrected chi connectivity index (χ1v) is 5.49. The van der Waals surface area contributed by atoms with Gasteiger partial charge in [0.15, 0.2) is 5.96 Å². The summed E-state index contributed by atoms with van der Waals surface area (Å²) in [6.45, 7) is 2.11. The summed E-state index contributed by atoms with van der Waals surface area (Å²) in [6.07, 6.45) is 0.226. The van der Waals surface area contributed by atoms with Crippen LogP contribution in [0.3, 0.4) is 0 Å². The third-order valence-electron chi connectivity index (χ3n) is 2.18. The molecule has 6 heteroatoms. The fraction of sp³-hybridized carbons (Fsp3) is 0.273. The minimum Gasteiger partial charge on any atom is -0.370 e. The topological polar surface area (TPSA) is 93.5 Å². The fourth-order valence-electron chi connectivity index (χ4n) is 1.24. The number of nitrogens with zero attached hydrogens (tertiary/aromatic N) is 1. The zero-order valence-electron chi connectivity index (χ0n) is 9.53. The van der Waals surface area contributed by atoms with Gasteiger partial charge in [0, 0.05) is 17.1 Å². The van der Waals surface area contributed by atoms with Crippen molar-refractivity contribution in [1.29, 1.82) is 0 Å². The standard InChI is InChI=1S/C11H15ClN4O/c1-7-8(12)3-2-4-9(7)16-10(17)5-6-15-11(13)14/h2-4H,5-6H2,1H3,(H,16,17)(H4,13,14,15). The summed E-state index contributed by atoms with van der Waals surface area (Å²) in [7, 11) is 0. The van der Waals surface area contributed by atoms with Crippen molar-refractivity contribution in [2.24, 2.45) is 16.5 Å². The Morgan fingerprint density at radius 2 is 2.18 bits per heavy atom. The molecule has 1 aromatic rings. The number of rotatable bonds is 4. The molecule has 0 aliphatic carbocycles. The molecule has 0 aliphatic heterocycles. The number of guanidine groups is 1. The van der Waals surface area contributed by atoms with E-state index in [1.807, 2.05) is 6.92 Å². The molecule has 92 valence electrons. The van der Waals surface area contributed by atoms with Gasteiger partial charge in [0.2, 0.25) is 5.91 Å². The molecule has 0 spiro atoms. The first-order chi connectivity index (χ1) is 8.00. The van der Waals surface area contributed by atoms with E-state index in [1.165, 1.54) is 0 Å². The van der Waals surface area contributed by atoms with Crippen molar-refractivity contribution in [2.75, 3.05) is 11.9 Å². The second kappa shape index (κ2) is 6.10. The lowest BCUT2D eigenvalue weighted by atomic mass is 10.2. The van der Waals surface area contributed by atoms with Crippen LogP contribution in [0.25, 0.3) is 0 Å². The number of nitrogens with two attached hydrogens (primary N) is 2. The Bertz CT molecular complexity index is 441. The van der Waals surface area contributed by atoms with Crippen molar-refractivity contribution in [2.45, 2.75) is 13.3 Å². The van der Waals surface area contributed by atoms with Gasteiger partial charge in [0.1, 0.15) is 0 Å². The van der Waals surface area contributed by atoms with Gasteiger partial charge in [-0.3, -0.25) is 9.79 Å². The van der Waals surface area contributed by atoms with Crippen LogP contribution in [0.5, 0.6) is 0 Å². The minimum atomic E-state index is -0.152. The largest absolute Gasteiger partial charge is 0.370 e. The maximum atomic E-state index is 11.6. The van der Waals surface area contributed by atoms with Crippen molar-refractivity contribution >= 4 is 29.2 Å².